The standard InChI is InChI=1S/C20H30N2O4S/c1-14(15-6-8-17(9-7-15)27(5,25)26)21-18(23)16-10-12-22(13-11-16)19(24)20(2,3)4/h6-9,14,16H,10-13H2,1-5H3,(H,21,23). The molecule has 1 heterocycles. The first-order valence-electron chi connectivity index (χ1n) is 9.29. The Kier molecular flexibility index (Phi) is 6.35. The van der Waals surface area contributed by atoms with Crippen LogP contribution in [0.5, 0.6) is 0 Å². The fourth-order valence-electron chi connectivity index (χ4n) is 3.24. The predicted octanol–water partition coefficient (Wildman–Crippen LogP) is 2.55. The summed E-state index contributed by atoms with van der Waals surface area (Å²) in [6, 6.07) is 6.37. The largest absolute Gasteiger partial charge is 0.349 e. The molecule has 2 amide bonds. The molecule has 0 radical (unpaired) electrons. The molecular weight excluding hydrogens is 364 g/mol. The molecule has 1 aromatic rings. The third kappa shape index (κ3) is 5.54. The van der Waals surface area contributed by atoms with Crippen LogP contribution in [-0.2, 0) is 19.4 Å². The Morgan fingerprint density at radius 1 is 1.11 bits per heavy atom. The van der Waals surface area contributed by atoms with Crippen LogP contribution < -0.4 is 5.32 Å². The van der Waals surface area contributed by atoms with E-state index in [1.54, 1.807) is 24.3 Å². The number of carbonyl (C=O) groups is 2. The van der Waals surface area contributed by atoms with Crippen molar-refractivity contribution in [1.29, 1.82) is 0 Å². The van der Waals surface area contributed by atoms with Crippen molar-refractivity contribution >= 4 is 21.7 Å². The van der Waals surface area contributed by atoms with Gasteiger partial charge in [0.1, 0.15) is 0 Å². The lowest BCUT2D eigenvalue weighted by Gasteiger charge is -2.35. The van der Waals surface area contributed by atoms with Crippen molar-refractivity contribution in [3.8, 4) is 0 Å². The fourth-order valence-corrected chi connectivity index (χ4v) is 3.87. The summed E-state index contributed by atoms with van der Waals surface area (Å²) in [7, 11) is -3.23. The number of likely N-dealkylation sites (tertiary alicyclic amines) is 1. The molecule has 7 heteroatoms. The predicted molar refractivity (Wildman–Crippen MR) is 105 cm³/mol. The zero-order valence-corrected chi connectivity index (χ0v) is 17.6. The molecule has 2 rings (SSSR count). The number of rotatable bonds is 4. The van der Waals surface area contributed by atoms with E-state index in [1.165, 1.54) is 6.26 Å². The summed E-state index contributed by atoms with van der Waals surface area (Å²) < 4.78 is 23.1. The van der Waals surface area contributed by atoms with E-state index in [1.807, 2.05) is 32.6 Å². The summed E-state index contributed by atoms with van der Waals surface area (Å²) in [5, 5.41) is 3.01. The van der Waals surface area contributed by atoms with Gasteiger partial charge in [0, 0.05) is 30.7 Å². The number of sulfone groups is 1. The van der Waals surface area contributed by atoms with E-state index in [-0.39, 0.29) is 28.7 Å². The Balaban J connectivity index is 1.91. The van der Waals surface area contributed by atoms with Gasteiger partial charge in [-0.3, -0.25) is 9.59 Å². The number of amides is 2. The van der Waals surface area contributed by atoms with Crippen LogP contribution in [0.1, 0.15) is 52.1 Å². The number of benzene rings is 1. The van der Waals surface area contributed by atoms with Crippen molar-refractivity contribution in [3.63, 3.8) is 0 Å². The van der Waals surface area contributed by atoms with Crippen LogP contribution >= 0.6 is 0 Å². The van der Waals surface area contributed by atoms with E-state index in [9.17, 15) is 18.0 Å². The molecule has 1 aromatic carbocycles. The van der Waals surface area contributed by atoms with Crippen molar-refractivity contribution in [2.24, 2.45) is 11.3 Å². The Labute approximate surface area is 162 Å². The quantitative estimate of drug-likeness (QED) is 0.851. The second-order valence-corrected chi connectivity index (χ2v) is 10.4. The van der Waals surface area contributed by atoms with Crippen molar-refractivity contribution < 1.29 is 18.0 Å². The van der Waals surface area contributed by atoms with Crippen LogP contribution in [0.25, 0.3) is 0 Å². The molecule has 0 spiro atoms. The molecule has 150 valence electrons. The lowest BCUT2D eigenvalue weighted by molar-refractivity contribution is -0.142. The lowest BCUT2D eigenvalue weighted by atomic mass is 9.90. The molecule has 1 aliphatic heterocycles. The molecule has 0 bridgehead atoms. The second kappa shape index (κ2) is 8.00. The zero-order chi connectivity index (χ0) is 20.4. The minimum atomic E-state index is -3.23. The van der Waals surface area contributed by atoms with Gasteiger partial charge in [0.25, 0.3) is 0 Å². The van der Waals surface area contributed by atoms with Gasteiger partial charge in [-0.25, -0.2) is 8.42 Å². The first-order valence-corrected chi connectivity index (χ1v) is 11.2. The summed E-state index contributed by atoms with van der Waals surface area (Å²) in [5.41, 5.74) is 0.456. The average molecular weight is 395 g/mol. The highest BCUT2D eigenvalue weighted by Crippen LogP contribution is 2.24. The Morgan fingerprint density at radius 2 is 1.63 bits per heavy atom. The highest BCUT2D eigenvalue weighted by Gasteiger charge is 2.32. The minimum absolute atomic E-state index is 0.0162. The minimum Gasteiger partial charge on any atom is -0.349 e. The van der Waals surface area contributed by atoms with Gasteiger partial charge in [0.2, 0.25) is 11.8 Å². The van der Waals surface area contributed by atoms with E-state index in [0.717, 1.165) is 5.56 Å². The molecule has 27 heavy (non-hydrogen) atoms. The Morgan fingerprint density at radius 3 is 2.07 bits per heavy atom. The number of hydrogen-bond donors (Lipinski definition) is 1. The van der Waals surface area contributed by atoms with E-state index >= 15 is 0 Å². The van der Waals surface area contributed by atoms with Gasteiger partial charge in [-0.2, -0.15) is 0 Å². The third-order valence-electron chi connectivity index (χ3n) is 4.96. The van der Waals surface area contributed by atoms with Crippen LogP contribution in [0.2, 0.25) is 0 Å². The molecule has 1 aliphatic rings. The molecule has 1 atom stereocenters. The van der Waals surface area contributed by atoms with Gasteiger partial charge in [-0.05, 0) is 37.5 Å². The Bertz CT molecular complexity index is 786. The molecule has 1 unspecified atom stereocenters. The number of carbonyl (C=O) groups excluding carboxylic acids is 2. The number of nitrogens with one attached hydrogen (secondary N) is 1. The zero-order valence-electron chi connectivity index (χ0n) is 16.8. The van der Waals surface area contributed by atoms with Crippen molar-refractivity contribution in [2.45, 2.75) is 51.5 Å². The molecule has 1 saturated heterocycles. The maximum absolute atomic E-state index is 12.6. The van der Waals surface area contributed by atoms with E-state index in [4.69, 9.17) is 0 Å². The summed E-state index contributed by atoms with van der Waals surface area (Å²) in [4.78, 5) is 27.0. The lowest BCUT2D eigenvalue weighted by Crippen LogP contribution is -2.46. The number of nitrogens with zero attached hydrogens (tertiary/aromatic N) is 1. The van der Waals surface area contributed by atoms with Crippen molar-refractivity contribution in [1.82, 2.24) is 10.2 Å². The topological polar surface area (TPSA) is 83.6 Å². The highest BCUT2D eigenvalue weighted by molar-refractivity contribution is 7.90. The smallest absolute Gasteiger partial charge is 0.227 e. The van der Waals surface area contributed by atoms with Gasteiger partial charge in [0.05, 0.1) is 10.9 Å². The molecule has 6 nitrogen and oxygen atoms in total. The number of piperidine rings is 1. The van der Waals surface area contributed by atoms with E-state index < -0.39 is 15.3 Å². The maximum Gasteiger partial charge on any atom is 0.227 e. The molecule has 0 aromatic heterocycles. The SMILES string of the molecule is CC(NC(=O)C1CCN(C(=O)C(C)(C)C)CC1)c1ccc(S(C)(=O)=O)cc1. The van der Waals surface area contributed by atoms with Gasteiger partial charge < -0.3 is 10.2 Å². The fraction of sp³-hybridized carbons (Fsp3) is 0.600. The number of hydrogen-bond acceptors (Lipinski definition) is 4. The maximum atomic E-state index is 12.6. The average Bonchev–Trinajstić information content (AvgIpc) is 2.59. The van der Waals surface area contributed by atoms with Gasteiger partial charge >= 0.3 is 0 Å². The van der Waals surface area contributed by atoms with Crippen LogP contribution in [0.3, 0.4) is 0 Å². The highest BCUT2D eigenvalue weighted by atomic mass is 32.2. The monoisotopic (exact) mass is 394 g/mol. The first kappa shape index (κ1) is 21.4. The first-order chi connectivity index (χ1) is 12.4. The van der Waals surface area contributed by atoms with E-state index in [2.05, 4.69) is 5.32 Å². The second-order valence-electron chi connectivity index (χ2n) is 8.39. The van der Waals surface area contributed by atoms with Crippen LogP contribution in [0.15, 0.2) is 29.2 Å². The molecule has 0 aliphatic carbocycles. The molecule has 1 N–H and O–H groups in total. The van der Waals surface area contributed by atoms with Crippen LogP contribution in [-0.4, -0.2) is 44.5 Å². The molecule has 1 fully saturated rings. The van der Waals surface area contributed by atoms with Crippen molar-refractivity contribution in [3.05, 3.63) is 29.8 Å². The van der Waals surface area contributed by atoms with Crippen LogP contribution in [0, 0.1) is 11.3 Å². The van der Waals surface area contributed by atoms with Gasteiger partial charge in [0.15, 0.2) is 9.84 Å². The third-order valence-corrected chi connectivity index (χ3v) is 6.09. The summed E-state index contributed by atoms with van der Waals surface area (Å²) in [6.45, 7) is 8.81. The van der Waals surface area contributed by atoms with E-state index in [0.29, 0.717) is 25.9 Å². The molecule has 0 saturated carbocycles. The van der Waals surface area contributed by atoms with Gasteiger partial charge in [-0.15, -0.1) is 0 Å². The molecular formula is C20H30N2O4S. The normalized spacial score (nSPS) is 17.4. The summed E-state index contributed by atoms with van der Waals surface area (Å²) >= 11 is 0. The summed E-state index contributed by atoms with van der Waals surface area (Å²) in [6.07, 6.45) is 2.49. The summed E-state index contributed by atoms with van der Waals surface area (Å²) in [5.74, 6) is 0.00463. The van der Waals surface area contributed by atoms with Gasteiger partial charge in [-0.1, -0.05) is 32.9 Å². The van der Waals surface area contributed by atoms with Crippen LogP contribution in [0.4, 0.5) is 0 Å². The Hall–Kier alpha value is -1.89. The van der Waals surface area contributed by atoms with Crippen molar-refractivity contribution in [2.75, 3.05) is 19.3 Å².